The van der Waals surface area contributed by atoms with Crippen LogP contribution in [-0.4, -0.2) is 64.5 Å². The van der Waals surface area contributed by atoms with E-state index in [2.05, 4.69) is 114 Å². The summed E-state index contributed by atoms with van der Waals surface area (Å²) in [5.74, 6) is -0.317. The van der Waals surface area contributed by atoms with Gasteiger partial charge in [0.2, 0.25) is 0 Å². The Morgan fingerprint density at radius 1 is 0.840 bits per heavy atom. The maximum Gasteiger partial charge on any atom is 0.309 e. The van der Waals surface area contributed by atoms with Gasteiger partial charge in [0, 0.05) is 26.4 Å². The van der Waals surface area contributed by atoms with Crippen LogP contribution in [0.3, 0.4) is 0 Å². The van der Waals surface area contributed by atoms with Crippen LogP contribution in [0.4, 0.5) is 0 Å². The third-order valence-electron chi connectivity index (χ3n) is 10.5. The zero-order valence-electron chi connectivity index (χ0n) is 31.8. The predicted octanol–water partition coefficient (Wildman–Crippen LogP) is 7.79. The van der Waals surface area contributed by atoms with Crippen molar-refractivity contribution < 1.29 is 33.0 Å². The summed E-state index contributed by atoms with van der Waals surface area (Å²) >= 11 is 0. The van der Waals surface area contributed by atoms with Gasteiger partial charge >= 0.3 is 5.97 Å². The molecule has 0 saturated carbocycles. The molecule has 2 bridgehead atoms. The molecule has 0 radical (unpaired) electrons. The van der Waals surface area contributed by atoms with Crippen molar-refractivity contribution in [1.82, 2.24) is 0 Å². The summed E-state index contributed by atoms with van der Waals surface area (Å²) in [5.41, 5.74) is 0. The monoisotopic (exact) mass is 706 g/mol. The number of carbonyl (C=O) groups is 2. The highest BCUT2D eigenvalue weighted by Crippen LogP contribution is 2.41. The summed E-state index contributed by atoms with van der Waals surface area (Å²) in [6.07, 6.45) is 7.82. The van der Waals surface area contributed by atoms with Gasteiger partial charge in [-0.3, -0.25) is 9.59 Å². The molecule has 2 heterocycles. The van der Waals surface area contributed by atoms with Gasteiger partial charge in [-0.2, -0.15) is 0 Å². The van der Waals surface area contributed by atoms with E-state index in [4.69, 9.17) is 23.4 Å². The molecule has 0 N–H and O–H groups in total. The Labute approximate surface area is 302 Å². The molecular weight excluding hydrogens is 645 g/mol. The second-order valence-electron chi connectivity index (χ2n) is 15.7. The van der Waals surface area contributed by atoms with E-state index in [1.165, 1.54) is 10.4 Å². The van der Waals surface area contributed by atoms with Crippen LogP contribution in [0.1, 0.15) is 99.8 Å². The van der Waals surface area contributed by atoms with Gasteiger partial charge in [0.1, 0.15) is 18.7 Å². The minimum atomic E-state index is -3.01. The van der Waals surface area contributed by atoms with E-state index in [9.17, 15) is 9.59 Å². The van der Waals surface area contributed by atoms with Gasteiger partial charge in [0.25, 0.3) is 8.32 Å². The average molecular weight is 707 g/mol. The van der Waals surface area contributed by atoms with E-state index in [-0.39, 0.29) is 60.5 Å². The molecule has 7 nitrogen and oxygen atoms in total. The number of benzene rings is 2. The molecule has 8 atom stereocenters. The fourth-order valence-corrected chi connectivity index (χ4v) is 12.6. The maximum atomic E-state index is 13.8. The number of allylic oxidation sites excluding steroid dienone is 1. The summed E-state index contributed by atoms with van der Waals surface area (Å²) in [7, 11) is -1.39. The maximum absolute atomic E-state index is 13.8. The van der Waals surface area contributed by atoms with Gasteiger partial charge in [-0.1, -0.05) is 128 Å². The van der Waals surface area contributed by atoms with Crippen LogP contribution >= 0.6 is 0 Å². The van der Waals surface area contributed by atoms with Gasteiger partial charge in [0.15, 0.2) is 0 Å². The van der Waals surface area contributed by atoms with Crippen LogP contribution in [0.2, 0.25) is 5.04 Å². The number of hydrogen-bond donors (Lipinski definition) is 0. The molecule has 1 fully saturated rings. The Hall–Kier alpha value is -2.62. The number of carbonyl (C=O) groups excluding carboxylic acids is 2. The Morgan fingerprint density at radius 3 is 2.04 bits per heavy atom. The third kappa shape index (κ3) is 10.2. The zero-order valence-corrected chi connectivity index (χ0v) is 32.8. The van der Waals surface area contributed by atoms with Crippen LogP contribution < -0.4 is 10.4 Å². The quantitative estimate of drug-likeness (QED) is 0.114. The molecule has 276 valence electrons. The number of cyclic esters (lactones) is 1. The molecule has 2 aliphatic rings. The second-order valence-corrected chi connectivity index (χ2v) is 20.0. The van der Waals surface area contributed by atoms with E-state index >= 15 is 0 Å². The van der Waals surface area contributed by atoms with Gasteiger partial charge in [0.05, 0.1) is 30.3 Å². The van der Waals surface area contributed by atoms with Gasteiger partial charge in [-0.05, 0) is 52.9 Å². The Balaban J connectivity index is 1.81. The molecule has 0 unspecified atom stereocenters. The van der Waals surface area contributed by atoms with E-state index < -0.39 is 26.6 Å². The minimum Gasteiger partial charge on any atom is -0.462 e. The molecule has 8 heteroatoms. The van der Waals surface area contributed by atoms with Crippen molar-refractivity contribution in [3.63, 3.8) is 0 Å². The first kappa shape index (κ1) is 40.2. The molecule has 1 saturated heterocycles. The lowest BCUT2D eigenvalue weighted by Gasteiger charge is -2.47. The number of methoxy groups -OCH3 is 1. The molecule has 0 aromatic heterocycles. The number of esters is 1. The van der Waals surface area contributed by atoms with Crippen molar-refractivity contribution in [2.75, 3.05) is 13.9 Å². The number of fused-ring (bicyclic) bond motifs is 2. The normalized spacial score (nSPS) is 29.9. The predicted molar refractivity (Wildman–Crippen MR) is 202 cm³/mol. The largest absolute Gasteiger partial charge is 0.462 e. The van der Waals surface area contributed by atoms with Crippen molar-refractivity contribution in [3.8, 4) is 0 Å². The first-order valence-electron chi connectivity index (χ1n) is 18.8. The second kappa shape index (κ2) is 18.7. The van der Waals surface area contributed by atoms with Gasteiger partial charge in [-0.25, -0.2) is 0 Å². The fraction of sp³-hybridized carbons (Fsp3) is 0.619. The lowest BCUT2D eigenvalue weighted by Crippen LogP contribution is -2.69. The van der Waals surface area contributed by atoms with Crippen LogP contribution in [0, 0.1) is 17.8 Å². The summed E-state index contributed by atoms with van der Waals surface area (Å²) in [4.78, 5) is 26.9. The number of ketones is 1. The van der Waals surface area contributed by atoms with Crippen molar-refractivity contribution in [1.29, 1.82) is 0 Å². The number of Topliss-reactive ketones (excluding diaryl/α,β-unsaturated/α-hetero) is 1. The highest BCUT2D eigenvalue weighted by Gasteiger charge is 2.53. The molecule has 0 aliphatic carbocycles. The molecule has 2 aliphatic heterocycles. The lowest BCUT2D eigenvalue weighted by molar-refractivity contribution is -0.155. The number of ether oxygens (including phenoxy) is 4. The van der Waals surface area contributed by atoms with Crippen LogP contribution in [-0.2, 0) is 33.0 Å². The molecule has 0 amide bonds. The summed E-state index contributed by atoms with van der Waals surface area (Å²) in [6, 6.07) is 21.3. The van der Waals surface area contributed by atoms with E-state index in [0.29, 0.717) is 25.2 Å². The standard InChI is InChI=1S/C42H62O7Si/c1-9-18-34-27-33(43)25-32(4)40(46-29-45-8)39(28-35-26-31(3)38(47-35)24-17-16-19-30(2)41(44)48-34)49-50(42(5,6)7,36-20-12-10-13-21-36)37-22-14-11-15-23-37/h10-17,20-23,30-32,34-35,38-40H,9,18-19,24-29H2,1-8H3/b17-16+/t30-,31-,32+,34+,35+,38-,39+,40-/m0/s1. The van der Waals surface area contributed by atoms with Crippen molar-refractivity contribution in [3.05, 3.63) is 72.8 Å². The molecule has 2 aromatic rings. The molecule has 4 rings (SSSR count). The minimum absolute atomic E-state index is 0.0371. The zero-order chi connectivity index (χ0) is 36.3. The van der Waals surface area contributed by atoms with Gasteiger partial charge in [-0.15, -0.1) is 0 Å². The molecule has 0 spiro atoms. The first-order valence-corrected chi connectivity index (χ1v) is 20.7. The first-order chi connectivity index (χ1) is 23.9. The Bertz CT molecular complexity index is 1320. The topological polar surface area (TPSA) is 80.3 Å². The van der Waals surface area contributed by atoms with Crippen molar-refractivity contribution in [2.45, 2.75) is 135 Å². The Morgan fingerprint density at radius 2 is 1.46 bits per heavy atom. The van der Waals surface area contributed by atoms with Crippen LogP contribution in [0.25, 0.3) is 0 Å². The number of hydrogen-bond acceptors (Lipinski definition) is 7. The highest BCUT2D eigenvalue weighted by atomic mass is 28.4. The average Bonchev–Trinajstić information content (AvgIpc) is 3.43. The van der Waals surface area contributed by atoms with Crippen LogP contribution in [0.15, 0.2) is 72.8 Å². The third-order valence-corrected chi connectivity index (χ3v) is 15.6. The number of rotatable bonds is 9. The smallest absolute Gasteiger partial charge is 0.309 e. The molecular formula is C42H62O7Si. The SMILES string of the molecule is CCC[C@@H]1CC(=O)C[C@@H](C)[C@H](OCOC)[C@H](O[Si](c2ccccc2)(c2ccccc2)C(C)(C)C)C[C@H]2C[C@H](C)[C@H](C/C=C/C[C@H](C)C(=O)O1)O2. The molecule has 2 aromatic carbocycles. The lowest BCUT2D eigenvalue weighted by atomic mass is 9.89. The van der Waals surface area contributed by atoms with Crippen LogP contribution in [0.5, 0.6) is 0 Å². The molecule has 50 heavy (non-hydrogen) atoms. The van der Waals surface area contributed by atoms with Gasteiger partial charge < -0.3 is 23.4 Å². The Kier molecular flexibility index (Phi) is 15.1. The van der Waals surface area contributed by atoms with E-state index in [1.807, 2.05) is 6.92 Å². The highest BCUT2D eigenvalue weighted by molar-refractivity contribution is 6.99. The van der Waals surface area contributed by atoms with E-state index in [1.54, 1.807) is 7.11 Å². The van der Waals surface area contributed by atoms with E-state index in [0.717, 1.165) is 19.3 Å². The fourth-order valence-electron chi connectivity index (χ4n) is 7.90. The van der Waals surface area contributed by atoms with Crippen molar-refractivity contribution >= 4 is 30.4 Å². The summed E-state index contributed by atoms with van der Waals surface area (Å²) < 4.78 is 32.7. The van der Waals surface area contributed by atoms with Crippen molar-refractivity contribution in [2.24, 2.45) is 17.8 Å². The summed E-state index contributed by atoms with van der Waals surface area (Å²) in [5, 5.41) is 2.13. The summed E-state index contributed by atoms with van der Waals surface area (Å²) in [6.45, 7) is 15.2.